The average molecular weight is 277 g/mol. The molecule has 0 spiro atoms. The van der Waals surface area contributed by atoms with Gasteiger partial charge in [-0.1, -0.05) is 6.07 Å². The number of nitrogens with zero attached hydrogens (tertiary/aromatic N) is 1. The Labute approximate surface area is 112 Å². The molecule has 3 heterocycles. The zero-order chi connectivity index (χ0) is 13.9. The van der Waals surface area contributed by atoms with Gasteiger partial charge < -0.3 is 9.32 Å². The first-order valence-electron chi connectivity index (χ1n) is 6.27. The van der Waals surface area contributed by atoms with Crippen LogP contribution in [-0.2, 0) is 19.3 Å². The molecular formula is C15H10F3NO. The summed E-state index contributed by atoms with van der Waals surface area (Å²) in [5.74, 6) is 0. The van der Waals surface area contributed by atoms with Crippen molar-refractivity contribution < 1.29 is 17.6 Å². The molecule has 1 aliphatic heterocycles. The maximum Gasteiger partial charge on any atom is 0.416 e. The molecule has 5 heteroatoms. The largest absolute Gasteiger partial charge is 0.457 e. The van der Waals surface area contributed by atoms with Gasteiger partial charge in [-0.2, -0.15) is 13.2 Å². The SMILES string of the molecule is FC(F)(F)c1cccc(N2Cc3c(c4ccc3o4)C2)c1. The molecule has 2 bridgehead atoms. The highest BCUT2D eigenvalue weighted by atomic mass is 19.4. The highest BCUT2D eigenvalue weighted by Gasteiger charge is 2.32. The van der Waals surface area contributed by atoms with Crippen molar-refractivity contribution in [2.75, 3.05) is 4.90 Å². The average Bonchev–Trinajstić information content (AvgIpc) is 3.10. The van der Waals surface area contributed by atoms with Gasteiger partial charge in [0.2, 0.25) is 0 Å². The summed E-state index contributed by atoms with van der Waals surface area (Å²) in [5, 5.41) is 0. The van der Waals surface area contributed by atoms with Crippen molar-refractivity contribution in [1.29, 1.82) is 0 Å². The molecule has 0 saturated carbocycles. The molecule has 102 valence electrons. The number of hydrogen-bond acceptors (Lipinski definition) is 2. The Bertz CT molecular complexity index is 740. The quantitative estimate of drug-likeness (QED) is 0.655. The minimum absolute atomic E-state index is 0.592. The Hall–Kier alpha value is -2.17. The first-order valence-corrected chi connectivity index (χ1v) is 6.27. The lowest BCUT2D eigenvalue weighted by molar-refractivity contribution is -0.137. The summed E-state index contributed by atoms with van der Waals surface area (Å²) >= 11 is 0. The van der Waals surface area contributed by atoms with E-state index in [1.165, 1.54) is 12.1 Å². The van der Waals surface area contributed by atoms with Gasteiger partial charge in [-0.3, -0.25) is 0 Å². The van der Waals surface area contributed by atoms with Crippen LogP contribution in [0.2, 0.25) is 0 Å². The number of rotatable bonds is 1. The molecule has 0 saturated heterocycles. The van der Waals surface area contributed by atoms with Crippen molar-refractivity contribution in [2.45, 2.75) is 19.3 Å². The Morgan fingerprint density at radius 2 is 1.60 bits per heavy atom. The van der Waals surface area contributed by atoms with E-state index in [4.69, 9.17) is 4.42 Å². The number of furan rings is 2. The summed E-state index contributed by atoms with van der Waals surface area (Å²) in [7, 11) is 0. The van der Waals surface area contributed by atoms with Crippen LogP contribution in [0.3, 0.4) is 0 Å². The van der Waals surface area contributed by atoms with Crippen LogP contribution >= 0.6 is 0 Å². The first kappa shape index (κ1) is 11.6. The molecule has 0 amide bonds. The van der Waals surface area contributed by atoms with Gasteiger partial charge in [0.1, 0.15) is 11.2 Å². The lowest BCUT2D eigenvalue weighted by atomic mass is 10.1. The van der Waals surface area contributed by atoms with Crippen molar-refractivity contribution in [3.63, 3.8) is 0 Å². The van der Waals surface area contributed by atoms with Crippen LogP contribution in [0.4, 0.5) is 18.9 Å². The van der Waals surface area contributed by atoms with Crippen LogP contribution in [0.15, 0.2) is 40.8 Å². The Morgan fingerprint density at radius 3 is 2.20 bits per heavy atom. The summed E-state index contributed by atoms with van der Waals surface area (Å²) in [5.41, 5.74) is 3.85. The number of halogens is 3. The van der Waals surface area contributed by atoms with Crippen LogP contribution in [-0.4, -0.2) is 0 Å². The second kappa shape index (κ2) is 3.69. The summed E-state index contributed by atoms with van der Waals surface area (Å²) < 4.78 is 43.8. The molecule has 2 nitrogen and oxygen atoms in total. The number of alkyl halides is 3. The van der Waals surface area contributed by atoms with E-state index in [-0.39, 0.29) is 0 Å². The molecule has 3 aromatic rings. The molecule has 0 atom stereocenters. The zero-order valence-electron chi connectivity index (χ0n) is 10.4. The van der Waals surface area contributed by atoms with Crippen molar-refractivity contribution in [1.82, 2.24) is 0 Å². The molecular weight excluding hydrogens is 267 g/mol. The van der Waals surface area contributed by atoms with E-state index in [1.54, 1.807) is 6.07 Å². The summed E-state index contributed by atoms with van der Waals surface area (Å²) in [6, 6.07) is 9.27. The molecule has 0 aliphatic carbocycles. The van der Waals surface area contributed by atoms with E-state index in [1.807, 2.05) is 17.0 Å². The molecule has 1 aliphatic rings. The van der Waals surface area contributed by atoms with E-state index in [0.717, 1.165) is 28.4 Å². The predicted octanol–water partition coefficient (Wildman–Crippen LogP) is 4.41. The lowest BCUT2D eigenvalue weighted by Crippen LogP contribution is -2.16. The molecule has 20 heavy (non-hydrogen) atoms. The minimum atomic E-state index is -4.31. The molecule has 0 fully saturated rings. The summed E-state index contributed by atoms with van der Waals surface area (Å²) in [4.78, 5) is 1.94. The van der Waals surface area contributed by atoms with Crippen LogP contribution in [0.5, 0.6) is 0 Å². The molecule has 2 aromatic heterocycles. The number of anilines is 1. The molecule has 1 aromatic carbocycles. The first-order chi connectivity index (χ1) is 9.52. The highest BCUT2D eigenvalue weighted by Crippen LogP contribution is 2.39. The fraction of sp³-hybridized carbons (Fsp3) is 0.200. The van der Waals surface area contributed by atoms with E-state index in [0.29, 0.717) is 18.8 Å². The van der Waals surface area contributed by atoms with E-state index >= 15 is 0 Å². The van der Waals surface area contributed by atoms with Gasteiger partial charge in [0, 0.05) is 29.9 Å². The van der Waals surface area contributed by atoms with Gasteiger partial charge in [0.25, 0.3) is 0 Å². The van der Waals surface area contributed by atoms with Gasteiger partial charge in [0.15, 0.2) is 0 Å². The molecule has 0 unspecified atom stereocenters. The molecule has 0 N–H and O–H groups in total. The van der Waals surface area contributed by atoms with E-state index in [9.17, 15) is 13.2 Å². The van der Waals surface area contributed by atoms with E-state index < -0.39 is 11.7 Å². The second-order valence-electron chi connectivity index (χ2n) is 5.03. The van der Waals surface area contributed by atoms with Crippen LogP contribution < -0.4 is 4.90 Å². The van der Waals surface area contributed by atoms with Crippen LogP contribution in [0.1, 0.15) is 16.7 Å². The van der Waals surface area contributed by atoms with Gasteiger partial charge in [-0.05, 0) is 30.3 Å². The standard InChI is InChI=1S/C15H10F3NO/c16-15(17,18)9-2-1-3-10(6-9)19-7-11-12(8-19)14-5-4-13(11)20-14/h1-6H,7-8H2. The summed E-state index contributed by atoms with van der Waals surface area (Å²) in [6.45, 7) is 1.19. The van der Waals surface area contributed by atoms with Crippen molar-refractivity contribution >= 4 is 16.9 Å². The fourth-order valence-corrected chi connectivity index (χ4v) is 2.81. The molecule has 0 radical (unpaired) electrons. The zero-order valence-corrected chi connectivity index (χ0v) is 10.4. The third-order valence-electron chi connectivity index (χ3n) is 3.80. The van der Waals surface area contributed by atoms with E-state index in [2.05, 4.69) is 0 Å². The lowest BCUT2D eigenvalue weighted by Gasteiger charge is -2.19. The van der Waals surface area contributed by atoms with Gasteiger partial charge in [-0.25, -0.2) is 0 Å². The smallest absolute Gasteiger partial charge is 0.416 e. The van der Waals surface area contributed by atoms with Gasteiger partial charge in [-0.15, -0.1) is 0 Å². The Morgan fingerprint density at radius 1 is 0.950 bits per heavy atom. The topological polar surface area (TPSA) is 16.4 Å². The highest BCUT2D eigenvalue weighted by molar-refractivity contribution is 5.75. The second-order valence-corrected chi connectivity index (χ2v) is 5.03. The fourth-order valence-electron chi connectivity index (χ4n) is 2.81. The minimum Gasteiger partial charge on any atom is -0.457 e. The number of fused-ring (bicyclic) bond motifs is 5. The van der Waals surface area contributed by atoms with Gasteiger partial charge >= 0.3 is 6.18 Å². The van der Waals surface area contributed by atoms with Gasteiger partial charge in [0.05, 0.1) is 5.56 Å². The normalized spacial score (nSPS) is 15.2. The van der Waals surface area contributed by atoms with Crippen molar-refractivity contribution in [3.05, 3.63) is 53.1 Å². The maximum absolute atomic E-state index is 12.8. The number of hydrogen-bond donors (Lipinski definition) is 0. The Balaban J connectivity index is 1.69. The Kier molecular flexibility index (Phi) is 2.14. The van der Waals surface area contributed by atoms with Crippen molar-refractivity contribution in [2.24, 2.45) is 0 Å². The summed E-state index contributed by atoms with van der Waals surface area (Å²) in [6.07, 6.45) is -4.31. The van der Waals surface area contributed by atoms with Crippen molar-refractivity contribution in [3.8, 4) is 0 Å². The maximum atomic E-state index is 12.8. The third kappa shape index (κ3) is 1.59. The van der Waals surface area contributed by atoms with Crippen LogP contribution in [0, 0.1) is 0 Å². The molecule has 4 rings (SSSR count). The van der Waals surface area contributed by atoms with Crippen LogP contribution in [0.25, 0.3) is 11.2 Å². The number of benzene rings is 2. The predicted molar refractivity (Wildman–Crippen MR) is 68.7 cm³/mol. The monoisotopic (exact) mass is 277 g/mol. The third-order valence-corrected chi connectivity index (χ3v) is 3.80.